The lowest BCUT2D eigenvalue weighted by atomic mass is 10.0. The molecule has 0 unspecified atom stereocenters. The van der Waals surface area contributed by atoms with Gasteiger partial charge in [0.1, 0.15) is 0 Å². The Hall–Kier alpha value is -3.55. The lowest BCUT2D eigenvalue weighted by Crippen LogP contribution is -2.25. The van der Waals surface area contributed by atoms with Gasteiger partial charge in [-0.05, 0) is 31.0 Å². The summed E-state index contributed by atoms with van der Waals surface area (Å²) in [5, 5.41) is 1.23. The molecule has 0 aliphatic heterocycles. The molecule has 0 amide bonds. The molecule has 0 saturated heterocycles. The number of aromatic nitrogens is 1. The van der Waals surface area contributed by atoms with Crippen molar-refractivity contribution >= 4 is 26.6 Å². The first-order valence-electron chi connectivity index (χ1n) is 11.3. The topological polar surface area (TPSA) is 85.2 Å². The molecule has 172 valence electrons. The standard InChI is InChI=1S/C27H24N2O4S/c30-26-22-15-7-6-14-21(22)25-24(26)20-13-5-8-16-23(20)27(31)29(25)18-10-2-9-17-28-34(32,33)19-11-3-1-4-12-19/h1,3-8,11-16,28H,2,9-10,17-18H2. The summed E-state index contributed by atoms with van der Waals surface area (Å²) < 4.78 is 29.0. The minimum atomic E-state index is -3.52. The van der Waals surface area contributed by atoms with E-state index in [1.807, 2.05) is 36.4 Å². The van der Waals surface area contributed by atoms with E-state index in [0.29, 0.717) is 53.5 Å². The van der Waals surface area contributed by atoms with Crippen molar-refractivity contribution in [1.29, 1.82) is 0 Å². The highest BCUT2D eigenvalue weighted by Crippen LogP contribution is 2.39. The second kappa shape index (κ2) is 9.00. The van der Waals surface area contributed by atoms with E-state index in [-0.39, 0.29) is 16.2 Å². The summed E-state index contributed by atoms with van der Waals surface area (Å²) in [6.07, 6.45) is 2.07. The zero-order valence-electron chi connectivity index (χ0n) is 18.5. The number of benzene rings is 3. The van der Waals surface area contributed by atoms with E-state index < -0.39 is 10.0 Å². The summed E-state index contributed by atoms with van der Waals surface area (Å²) in [5.74, 6) is -0.0501. The highest BCUT2D eigenvalue weighted by Gasteiger charge is 2.32. The van der Waals surface area contributed by atoms with Crippen molar-refractivity contribution in [3.05, 3.63) is 100 Å². The Morgan fingerprint density at radius 1 is 0.706 bits per heavy atom. The SMILES string of the molecule is O=C1c2ccccc2-c2c1c1ccccc1c(=O)n2CCCCCNS(=O)(=O)c1ccccc1. The van der Waals surface area contributed by atoms with Crippen LogP contribution in [-0.4, -0.2) is 25.3 Å². The van der Waals surface area contributed by atoms with Crippen LogP contribution in [0.5, 0.6) is 0 Å². The van der Waals surface area contributed by atoms with Crippen LogP contribution < -0.4 is 10.3 Å². The number of carbonyl (C=O) groups is 1. The fourth-order valence-corrected chi connectivity index (χ4v) is 5.70. The molecule has 3 aromatic carbocycles. The van der Waals surface area contributed by atoms with Crippen LogP contribution in [0.3, 0.4) is 0 Å². The fraction of sp³-hybridized carbons (Fsp3) is 0.185. The number of ketones is 1. The van der Waals surface area contributed by atoms with Crippen LogP contribution in [0.1, 0.15) is 35.2 Å². The maximum Gasteiger partial charge on any atom is 0.258 e. The van der Waals surface area contributed by atoms with E-state index in [2.05, 4.69) is 4.72 Å². The monoisotopic (exact) mass is 472 g/mol. The summed E-state index contributed by atoms with van der Waals surface area (Å²) in [4.78, 5) is 26.8. The van der Waals surface area contributed by atoms with Gasteiger partial charge in [-0.25, -0.2) is 13.1 Å². The number of nitrogens with zero attached hydrogens (tertiary/aromatic N) is 1. The molecule has 34 heavy (non-hydrogen) atoms. The Kier molecular flexibility index (Phi) is 5.89. The number of unbranched alkanes of at least 4 members (excludes halogenated alkanes) is 2. The van der Waals surface area contributed by atoms with Crippen LogP contribution in [0.4, 0.5) is 0 Å². The first-order chi connectivity index (χ1) is 16.5. The van der Waals surface area contributed by atoms with E-state index in [9.17, 15) is 18.0 Å². The number of pyridine rings is 1. The van der Waals surface area contributed by atoms with Crippen LogP contribution >= 0.6 is 0 Å². The Morgan fingerprint density at radius 2 is 1.35 bits per heavy atom. The molecule has 0 saturated carbocycles. The van der Waals surface area contributed by atoms with Crippen LogP contribution in [0.2, 0.25) is 0 Å². The summed E-state index contributed by atoms with van der Waals surface area (Å²) in [7, 11) is -3.52. The number of sulfonamides is 1. The summed E-state index contributed by atoms with van der Waals surface area (Å²) >= 11 is 0. The van der Waals surface area contributed by atoms with Crippen molar-refractivity contribution in [2.24, 2.45) is 0 Å². The van der Waals surface area contributed by atoms with Gasteiger partial charge in [0.05, 0.1) is 16.2 Å². The number of fused-ring (bicyclic) bond motifs is 5. The number of hydrogen-bond acceptors (Lipinski definition) is 4. The third-order valence-electron chi connectivity index (χ3n) is 6.24. The molecular weight excluding hydrogens is 448 g/mol. The van der Waals surface area contributed by atoms with Gasteiger partial charge in [-0.1, -0.05) is 67.1 Å². The van der Waals surface area contributed by atoms with Gasteiger partial charge in [0.2, 0.25) is 10.0 Å². The van der Waals surface area contributed by atoms with Crippen molar-refractivity contribution in [2.45, 2.75) is 30.7 Å². The van der Waals surface area contributed by atoms with Crippen molar-refractivity contribution in [3.8, 4) is 11.3 Å². The third kappa shape index (κ3) is 3.87. The summed E-state index contributed by atoms with van der Waals surface area (Å²) in [5.41, 5.74) is 2.59. The average molecular weight is 473 g/mol. The summed E-state index contributed by atoms with van der Waals surface area (Å²) in [6.45, 7) is 0.780. The first kappa shape index (κ1) is 22.3. The predicted molar refractivity (Wildman–Crippen MR) is 133 cm³/mol. The molecule has 1 heterocycles. The molecule has 1 aromatic heterocycles. The van der Waals surface area contributed by atoms with E-state index >= 15 is 0 Å². The number of rotatable bonds is 8. The number of hydrogen-bond donors (Lipinski definition) is 1. The molecule has 0 bridgehead atoms. The molecule has 0 radical (unpaired) electrons. The van der Waals surface area contributed by atoms with Crippen LogP contribution in [0.15, 0.2) is 88.6 Å². The van der Waals surface area contributed by atoms with E-state index in [1.54, 1.807) is 47.0 Å². The quantitative estimate of drug-likeness (QED) is 0.340. The predicted octanol–water partition coefficient (Wildman–Crippen LogP) is 4.36. The highest BCUT2D eigenvalue weighted by molar-refractivity contribution is 7.89. The molecule has 0 spiro atoms. The Bertz CT molecular complexity index is 1560. The van der Waals surface area contributed by atoms with Gasteiger partial charge in [-0.15, -0.1) is 0 Å². The van der Waals surface area contributed by atoms with Gasteiger partial charge in [-0.3, -0.25) is 9.59 Å². The van der Waals surface area contributed by atoms with Crippen LogP contribution in [0.25, 0.3) is 22.0 Å². The van der Waals surface area contributed by atoms with Crippen molar-refractivity contribution in [3.63, 3.8) is 0 Å². The van der Waals surface area contributed by atoms with Gasteiger partial charge < -0.3 is 4.57 Å². The molecule has 0 fully saturated rings. The lowest BCUT2D eigenvalue weighted by molar-refractivity contribution is 0.104. The fourth-order valence-electron chi connectivity index (χ4n) is 4.60. The Labute approximate surface area is 197 Å². The minimum Gasteiger partial charge on any atom is -0.307 e. The third-order valence-corrected chi connectivity index (χ3v) is 7.71. The number of carbonyl (C=O) groups excluding carboxylic acids is 1. The number of nitrogens with one attached hydrogen (secondary N) is 1. The zero-order chi connectivity index (χ0) is 23.7. The Morgan fingerprint density at radius 3 is 2.12 bits per heavy atom. The van der Waals surface area contributed by atoms with Crippen molar-refractivity contribution < 1.29 is 13.2 Å². The molecule has 5 rings (SSSR count). The second-order valence-electron chi connectivity index (χ2n) is 8.37. The molecule has 1 N–H and O–H groups in total. The second-order valence-corrected chi connectivity index (χ2v) is 10.1. The van der Waals surface area contributed by atoms with Gasteiger partial charge in [-0.2, -0.15) is 0 Å². The normalized spacial score (nSPS) is 12.6. The van der Waals surface area contributed by atoms with Gasteiger partial charge >= 0.3 is 0 Å². The lowest BCUT2D eigenvalue weighted by Gasteiger charge is -2.15. The van der Waals surface area contributed by atoms with Gasteiger partial charge in [0.25, 0.3) is 5.56 Å². The van der Waals surface area contributed by atoms with Crippen LogP contribution in [-0.2, 0) is 16.6 Å². The van der Waals surface area contributed by atoms with Crippen molar-refractivity contribution in [2.75, 3.05) is 6.54 Å². The molecule has 7 heteroatoms. The average Bonchev–Trinajstić information content (AvgIpc) is 3.16. The Balaban J connectivity index is 1.34. The highest BCUT2D eigenvalue weighted by atomic mass is 32.2. The smallest absolute Gasteiger partial charge is 0.258 e. The molecule has 4 aromatic rings. The molecule has 1 aliphatic rings. The first-order valence-corrected chi connectivity index (χ1v) is 12.8. The zero-order valence-corrected chi connectivity index (χ0v) is 19.3. The maximum absolute atomic E-state index is 13.4. The van der Waals surface area contributed by atoms with Gasteiger partial charge in [0, 0.05) is 35.0 Å². The largest absolute Gasteiger partial charge is 0.307 e. The van der Waals surface area contributed by atoms with E-state index in [0.717, 1.165) is 12.0 Å². The summed E-state index contributed by atoms with van der Waals surface area (Å²) in [6, 6.07) is 23.0. The van der Waals surface area contributed by atoms with Gasteiger partial charge in [0.15, 0.2) is 5.78 Å². The maximum atomic E-state index is 13.4. The van der Waals surface area contributed by atoms with E-state index in [1.165, 1.54) is 0 Å². The minimum absolute atomic E-state index is 0.0501. The molecular formula is C27H24N2O4S. The molecule has 1 aliphatic carbocycles. The molecule has 6 nitrogen and oxygen atoms in total. The van der Waals surface area contributed by atoms with Crippen LogP contribution in [0, 0.1) is 0 Å². The molecule has 0 atom stereocenters. The van der Waals surface area contributed by atoms with Crippen molar-refractivity contribution in [1.82, 2.24) is 9.29 Å². The van der Waals surface area contributed by atoms with E-state index in [4.69, 9.17) is 0 Å².